The third kappa shape index (κ3) is 5.23. The molecule has 0 radical (unpaired) electrons. The maximum absolute atomic E-state index is 11.2. The van der Waals surface area contributed by atoms with E-state index in [0.717, 1.165) is 5.56 Å². The summed E-state index contributed by atoms with van der Waals surface area (Å²) in [4.78, 5) is 11.6. The monoisotopic (exact) mass is 318 g/mol. The summed E-state index contributed by atoms with van der Waals surface area (Å²) in [7, 11) is 0. The lowest BCUT2D eigenvalue weighted by molar-refractivity contribution is 0.0706. The van der Waals surface area contributed by atoms with Gasteiger partial charge in [-0.3, -0.25) is 15.4 Å². The third-order valence-electron chi connectivity index (χ3n) is 2.71. The maximum Gasteiger partial charge on any atom is 0.274 e. The van der Waals surface area contributed by atoms with Crippen molar-refractivity contribution in [2.24, 2.45) is 0 Å². The molecule has 0 spiro atoms. The van der Waals surface area contributed by atoms with Gasteiger partial charge in [0.05, 0.1) is 0 Å². The lowest BCUT2D eigenvalue weighted by Gasteiger charge is -2.10. The van der Waals surface area contributed by atoms with E-state index in [1.54, 1.807) is 41.9 Å². The van der Waals surface area contributed by atoms with Crippen LogP contribution in [0.1, 0.15) is 22.8 Å². The summed E-state index contributed by atoms with van der Waals surface area (Å²) in [5.74, 6) is -0.613. The summed E-state index contributed by atoms with van der Waals surface area (Å²) >= 11 is 4.15. The van der Waals surface area contributed by atoms with E-state index in [4.69, 9.17) is 15.4 Å². The van der Waals surface area contributed by atoms with E-state index in [0.29, 0.717) is 16.0 Å². The van der Waals surface area contributed by atoms with Gasteiger partial charge in [0.2, 0.25) is 5.90 Å². The Balaban J connectivity index is 2.70. The standard InChI is InChI=1S/C16H18N2O3S/c1-3-4-5-14(11(2)22)15(17)21-10-12-6-8-13(9-7-12)16(19)18-20/h3-9,17,20,22H,2,10H2,1H3,(H,18,19)/b4-3-,14-5+,17-15?. The number of amides is 1. The first-order valence-corrected chi connectivity index (χ1v) is 6.90. The zero-order valence-corrected chi connectivity index (χ0v) is 13.1. The summed E-state index contributed by atoms with van der Waals surface area (Å²) < 4.78 is 5.40. The third-order valence-corrected chi connectivity index (χ3v) is 2.95. The Labute approximate surface area is 134 Å². The molecular formula is C16H18N2O3S. The molecule has 0 aliphatic rings. The van der Waals surface area contributed by atoms with Crippen LogP contribution < -0.4 is 5.48 Å². The Morgan fingerprint density at radius 2 is 2.09 bits per heavy atom. The van der Waals surface area contributed by atoms with Crippen molar-refractivity contribution in [1.29, 1.82) is 5.41 Å². The molecule has 5 nitrogen and oxygen atoms in total. The van der Waals surface area contributed by atoms with Crippen molar-refractivity contribution in [2.75, 3.05) is 0 Å². The van der Waals surface area contributed by atoms with E-state index in [1.165, 1.54) is 0 Å². The van der Waals surface area contributed by atoms with Gasteiger partial charge in [-0.1, -0.05) is 30.9 Å². The average molecular weight is 318 g/mol. The van der Waals surface area contributed by atoms with Crippen LogP contribution in [0.15, 0.2) is 59.6 Å². The number of hydrogen-bond donors (Lipinski definition) is 4. The van der Waals surface area contributed by atoms with Crippen LogP contribution in [-0.4, -0.2) is 17.0 Å². The number of hydroxylamine groups is 1. The normalized spacial score (nSPS) is 11.3. The minimum atomic E-state index is -0.580. The fraction of sp³-hybridized carbons (Fsp3) is 0.125. The van der Waals surface area contributed by atoms with Crippen molar-refractivity contribution in [2.45, 2.75) is 13.5 Å². The number of rotatable bonds is 6. The Hall–Kier alpha value is -2.31. The maximum atomic E-state index is 11.2. The number of carbonyl (C=O) groups excluding carboxylic acids is 1. The van der Waals surface area contributed by atoms with Crippen LogP contribution in [0.2, 0.25) is 0 Å². The lowest BCUT2D eigenvalue weighted by atomic mass is 10.1. The van der Waals surface area contributed by atoms with E-state index < -0.39 is 5.91 Å². The Kier molecular flexibility index (Phi) is 7.15. The molecule has 0 heterocycles. The molecule has 0 aliphatic carbocycles. The number of hydrogen-bond acceptors (Lipinski definition) is 5. The average Bonchev–Trinajstić information content (AvgIpc) is 2.52. The van der Waals surface area contributed by atoms with Crippen LogP contribution >= 0.6 is 12.6 Å². The number of ether oxygens (including phenoxy) is 1. The summed E-state index contributed by atoms with van der Waals surface area (Å²) in [6.45, 7) is 5.74. The first-order chi connectivity index (χ1) is 10.5. The molecule has 1 rings (SSSR count). The zero-order chi connectivity index (χ0) is 16.5. The highest BCUT2D eigenvalue weighted by atomic mass is 32.1. The van der Waals surface area contributed by atoms with Crippen LogP contribution in [0.3, 0.4) is 0 Å². The van der Waals surface area contributed by atoms with Crippen molar-refractivity contribution >= 4 is 24.4 Å². The molecule has 3 N–H and O–H groups in total. The van der Waals surface area contributed by atoms with Crippen LogP contribution in [0.25, 0.3) is 0 Å². The molecule has 1 aromatic carbocycles. The number of benzene rings is 1. The molecule has 0 aromatic heterocycles. The molecule has 0 unspecified atom stereocenters. The van der Waals surface area contributed by atoms with Crippen molar-refractivity contribution in [3.8, 4) is 0 Å². The minimum Gasteiger partial charge on any atom is -0.473 e. The molecule has 116 valence electrons. The fourth-order valence-corrected chi connectivity index (χ4v) is 1.72. The van der Waals surface area contributed by atoms with Gasteiger partial charge in [-0.2, -0.15) is 0 Å². The van der Waals surface area contributed by atoms with E-state index in [1.807, 2.05) is 13.0 Å². The predicted octanol–water partition coefficient (Wildman–Crippen LogP) is 3.25. The van der Waals surface area contributed by atoms with Crippen LogP contribution in [0, 0.1) is 5.41 Å². The van der Waals surface area contributed by atoms with Crippen LogP contribution in [0.4, 0.5) is 0 Å². The predicted molar refractivity (Wildman–Crippen MR) is 89.2 cm³/mol. The molecular weight excluding hydrogens is 300 g/mol. The van der Waals surface area contributed by atoms with Gasteiger partial charge in [0.25, 0.3) is 5.91 Å². The number of nitrogens with one attached hydrogen (secondary N) is 2. The second-order valence-electron chi connectivity index (χ2n) is 4.31. The van der Waals surface area contributed by atoms with E-state index in [-0.39, 0.29) is 12.5 Å². The topological polar surface area (TPSA) is 82.4 Å². The van der Waals surface area contributed by atoms with Gasteiger partial charge < -0.3 is 4.74 Å². The number of allylic oxidation sites excluding steroid dienone is 3. The van der Waals surface area contributed by atoms with E-state index >= 15 is 0 Å². The summed E-state index contributed by atoms with van der Waals surface area (Å²) in [5, 5.41) is 16.5. The van der Waals surface area contributed by atoms with Gasteiger partial charge in [0.1, 0.15) is 6.61 Å². The molecule has 1 amide bonds. The second-order valence-corrected chi connectivity index (χ2v) is 4.85. The highest BCUT2D eigenvalue weighted by Crippen LogP contribution is 2.15. The molecule has 0 fully saturated rings. The fourth-order valence-electron chi connectivity index (χ4n) is 1.55. The first-order valence-electron chi connectivity index (χ1n) is 6.46. The molecule has 1 aromatic rings. The van der Waals surface area contributed by atoms with Gasteiger partial charge in [-0.15, -0.1) is 12.6 Å². The minimum absolute atomic E-state index is 0.0322. The SMILES string of the molecule is C=C(S)/C(=C\C=C/C)C(=N)OCc1ccc(C(=O)NO)cc1. The number of carbonyl (C=O) groups is 1. The van der Waals surface area contributed by atoms with Crippen molar-refractivity contribution in [3.05, 3.63) is 70.7 Å². The molecule has 0 saturated carbocycles. The van der Waals surface area contributed by atoms with Crippen LogP contribution in [-0.2, 0) is 11.3 Å². The van der Waals surface area contributed by atoms with Gasteiger partial charge >= 0.3 is 0 Å². The van der Waals surface area contributed by atoms with Crippen LogP contribution in [0.5, 0.6) is 0 Å². The van der Waals surface area contributed by atoms with Crippen molar-refractivity contribution < 1.29 is 14.7 Å². The molecule has 0 saturated heterocycles. The molecule has 22 heavy (non-hydrogen) atoms. The highest BCUT2D eigenvalue weighted by molar-refractivity contribution is 7.84. The van der Waals surface area contributed by atoms with Gasteiger partial charge in [-0.25, -0.2) is 5.48 Å². The summed E-state index contributed by atoms with van der Waals surface area (Å²) in [6, 6.07) is 6.48. The van der Waals surface area contributed by atoms with Gasteiger partial charge in [0, 0.05) is 16.0 Å². The van der Waals surface area contributed by atoms with Crippen molar-refractivity contribution in [3.63, 3.8) is 0 Å². The molecule has 0 aliphatic heterocycles. The molecule has 0 atom stereocenters. The zero-order valence-electron chi connectivity index (χ0n) is 12.2. The van der Waals surface area contributed by atoms with Gasteiger partial charge in [-0.05, 0) is 30.7 Å². The first kappa shape index (κ1) is 17.7. The molecule has 6 heteroatoms. The summed E-state index contributed by atoms with van der Waals surface area (Å²) in [6.07, 6.45) is 5.30. The Morgan fingerprint density at radius 1 is 1.45 bits per heavy atom. The van der Waals surface area contributed by atoms with Gasteiger partial charge in [0.15, 0.2) is 0 Å². The highest BCUT2D eigenvalue weighted by Gasteiger charge is 2.08. The van der Waals surface area contributed by atoms with E-state index in [2.05, 4.69) is 19.2 Å². The Bertz CT molecular complexity index is 619. The summed E-state index contributed by atoms with van der Waals surface area (Å²) in [5.41, 5.74) is 3.18. The smallest absolute Gasteiger partial charge is 0.274 e. The molecule has 0 bridgehead atoms. The van der Waals surface area contributed by atoms with E-state index in [9.17, 15) is 4.79 Å². The quantitative estimate of drug-likeness (QED) is 0.162. The lowest BCUT2D eigenvalue weighted by Crippen LogP contribution is -2.18. The second kappa shape index (κ2) is 8.86. The Morgan fingerprint density at radius 3 is 2.59 bits per heavy atom. The largest absolute Gasteiger partial charge is 0.473 e. The number of thiol groups is 1. The van der Waals surface area contributed by atoms with Crippen molar-refractivity contribution in [1.82, 2.24) is 5.48 Å².